The predicted molar refractivity (Wildman–Crippen MR) is 133 cm³/mol. The van der Waals surface area contributed by atoms with Crippen LogP contribution in [-0.4, -0.2) is 67.1 Å². The first-order chi connectivity index (χ1) is 15.5. The number of aromatic nitrogens is 1. The van der Waals surface area contributed by atoms with Gasteiger partial charge in [0.15, 0.2) is 0 Å². The van der Waals surface area contributed by atoms with Crippen molar-refractivity contribution in [3.05, 3.63) is 65.4 Å². The van der Waals surface area contributed by atoms with Crippen molar-refractivity contribution < 1.29 is 4.79 Å². The number of benzene rings is 2. The Hall–Kier alpha value is -2.83. The lowest BCUT2D eigenvalue weighted by molar-refractivity contribution is 0.155. The second-order valence-electron chi connectivity index (χ2n) is 9.18. The number of H-pyrrole nitrogens is 1. The molecule has 0 radical (unpaired) electrons. The SMILES string of the molecule is CC(C)c1cc(Cc2c[nH]c3ccccc23)cc(NC(=O)NCCN2CCN(C)CC2)c1. The van der Waals surface area contributed by atoms with E-state index in [-0.39, 0.29) is 6.03 Å². The molecule has 1 saturated heterocycles. The van der Waals surface area contributed by atoms with E-state index in [1.54, 1.807) is 0 Å². The number of anilines is 1. The fraction of sp³-hybridized carbons (Fsp3) is 0.423. The number of rotatable bonds is 7. The molecule has 1 aromatic heterocycles. The highest BCUT2D eigenvalue weighted by atomic mass is 16.2. The second kappa shape index (κ2) is 10.2. The van der Waals surface area contributed by atoms with E-state index in [2.05, 4.69) is 88.9 Å². The van der Waals surface area contributed by atoms with E-state index < -0.39 is 0 Å². The van der Waals surface area contributed by atoms with E-state index in [4.69, 9.17) is 0 Å². The molecule has 0 unspecified atom stereocenters. The van der Waals surface area contributed by atoms with Crippen molar-refractivity contribution in [1.82, 2.24) is 20.1 Å². The monoisotopic (exact) mass is 433 g/mol. The molecule has 1 aliphatic heterocycles. The van der Waals surface area contributed by atoms with Crippen LogP contribution >= 0.6 is 0 Å². The van der Waals surface area contributed by atoms with Gasteiger partial charge in [-0.25, -0.2) is 4.79 Å². The van der Waals surface area contributed by atoms with E-state index in [0.29, 0.717) is 12.5 Å². The summed E-state index contributed by atoms with van der Waals surface area (Å²) in [4.78, 5) is 20.6. The lowest BCUT2D eigenvalue weighted by atomic mass is 9.96. The highest BCUT2D eigenvalue weighted by molar-refractivity contribution is 5.89. The van der Waals surface area contributed by atoms with Crippen LogP contribution in [0.2, 0.25) is 0 Å². The van der Waals surface area contributed by atoms with Crippen LogP contribution in [0.3, 0.4) is 0 Å². The minimum atomic E-state index is -0.141. The number of hydrogen-bond acceptors (Lipinski definition) is 3. The van der Waals surface area contributed by atoms with Gasteiger partial charge in [0, 0.05) is 62.1 Å². The summed E-state index contributed by atoms with van der Waals surface area (Å²) in [7, 11) is 2.15. The van der Waals surface area contributed by atoms with Crippen molar-refractivity contribution in [2.75, 3.05) is 51.6 Å². The van der Waals surface area contributed by atoms with Crippen LogP contribution in [0, 0.1) is 0 Å². The number of urea groups is 1. The topological polar surface area (TPSA) is 63.4 Å². The van der Waals surface area contributed by atoms with E-state index in [1.165, 1.54) is 22.1 Å². The summed E-state index contributed by atoms with van der Waals surface area (Å²) in [5.74, 6) is 0.388. The molecule has 32 heavy (non-hydrogen) atoms. The van der Waals surface area contributed by atoms with Crippen LogP contribution in [0.5, 0.6) is 0 Å². The molecule has 0 aliphatic carbocycles. The Morgan fingerprint density at radius 1 is 1.09 bits per heavy atom. The quantitative estimate of drug-likeness (QED) is 0.522. The summed E-state index contributed by atoms with van der Waals surface area (Å²) in [5, 5.41) is 7.32. The van der Waals surface area contributed by atoms with Gasteiger partial charge in [-0.1, -0.05) is 38.1 Å². The molecule has 1 aliphatic rings. The number of nitrogens with one attached hydrogen (secondary N) is 3. The summed E-state index contributed by atoms with van der Waals surface area (Å²) >= 11 is 0. The van der Waals surface area contributed by atoms with Gasteiger partial charge in [0.1, 0.15) is 0 Å². The number of para-hydroxylation sites is 1. The Kier molecular flexibility index (Phi) is 7.12. The molecule has 0 saturated carbocycles. The molecule has 3 aromatic rings. The average Bonchev–Trinajstić information content (AvgIpc) is 3.18. The highest BCUT2D eigenvalue weighted by Gasteiger charge is 2.14. The third-order valence-corrected chi connectivity index (χ3v) is 6.32. The van der Waals surface area contributed by atoms with Crippen molar-refractivity contribution >= 4 is 22.6 Å². The van der Waals surface area contributed by atoms with E-state index >= 15 is 0 Å². The Balaban J connectivity index is 1.39. The standard InChI is InChI=1S/C26H35N5O/c1-19(2)21-14-20(15-22-18-28-25-7-5-4-6-24(22)25)16-23(17-21)29-26(32)27-8-9-31-12-10-30(3)11-13-31/h4-7,14,16-19,28H,8-13,15H2,1-3H3,(H2,27,29,32). The lowest BCUT2D eigenvalue weighted by Crippen LogP contribution is -2.47. The molecular formula is C26H35N5O. The minimum absolute atomic E-state index is 0.141. The molecule has 2 heterocycles. The molecule has 0 spiro atoms. The number of likely N-dealkylation sites (N-methyl/N-ethyl adjacent to an activating group) is 1. The molecule has 3 N–H and O–H groups in total. The molecule has 170 valence electrons. The second-order valence-corrected chi connectivity index (χ2v) is 9.18. The van der Waals surface area contributed by atoms with Crippen molar-refractivity contribution in [2.24, 2.45) is 0 Å². The van der Waals surface area contributed by atoms with Crippen molar-refractivity contribution in [1.29, 1.82) is 0 Å². The van der Waals surface area contributed by atoms with Gasteiger partial charge in [0.2, 0.25) is 0 Å². The van der Waals surface area contributed by atoms with Gasteiger partial charge in [-0.05, 0) is 54.3 Å². The maximum absolute atomic E-state index is 12.5. The number of aromatic amines is 1. The number of piperazine rings is 1. The summed E-state index contributed by atoms with van der Waals surface area (Å²) in [6, 6.07) is 14.7. The maximum Gasteiger partial charge on any atom is 0.319 e. The molecule has 2 aromatic carbocycles. The van der Waals surface area contributed by atoms with E-state index in [9.17, 15) is 4.79 Å². The molecular weight excluding hydrogens is 398 g/mol. The van der Waals surface area contributed by atoms with Crippen LogP contribution in [0.25, 0.3) is 10.9 Å². The normalized spacial score (nSPS) is 15.4. The average molecular weight is 434 g/mol. The summed E-state index contributed by atoms with van der Waals surface area (Å²) < 4.78 is 0. The smallest absolute Gasteiger partial charge is 0.319 e. The van der Waals surface area contributed by atoms with Gasteiger partial charge in [0.05, 0.1) is 0 Å². The maximum atomic E-state index is 12.5. The number of hydrogen-bond donors (Lipinski definition) is 3. The van der Waals surface area contributed by atoms with Gasteiger partial charge in [-0.2, -0.15) is 0 Å². The third-order valence-electron chi connectivity index (χ3n) is 6.32. The first kappa shape index (κ1) is 22.4. The zero-order valence-corrected chi connectivity index (χ0v) is 19.4. The fourth-order valence-electron chi connectivity index (χ4n) is 4.30. The zero-order chi connectivity index (χ0) is 22.5. The number of carbonyl (C=O) groups is 1. The van der Waals surface area contributed by atoms with Gasteiger partial charge in [0.25, 0.3) is 0 Å². The predicted octanol–water partition coefficient (Wildman–Crippen LogP) is 4.25. The van der Waals surface area contributed by atoms with Crippen LogP contribution in [0.4, 0.5) is 10.5 Å². The van der Waals surface area contributed by atoms with Gasteiger partial charge in [-0.3, -0.25) is 4.90 Å². The van der Waals surface area contributed by atoms with Gasteiger partial charge >= 0.3 is 6.03 Å². The Morgan fingerprint density at radius 2 is 1.88 bits per heavy atom. The number of amides is 2. The Morgan fingerprint density at radius 3 is 2.66 bits per heavy atom. The van der Waals surface area contributed by atoms with E-state index in [1.807, 2.05) is 6.07 Å². The van der Waals surface area contributed by atoms with Crippen LogP contribution in [-0.2, 0) is 6.42 Å². The highest BCUT2D eigenvalue weighted by Crippen LogP contribution is 2.26. The summed E-state index contributed by atoms with van der Waals surface area (Å²) in [6.45, 7) is 10.2. The van der Waals surface area contributed by atoms with Gasteiger partial charge in [-0.15, -0.1) is 0 Å². The Labute approximate surface area is 191 Å². The molecule has 6 nitrogen and oxygen atoms in total. The number of nitrogens with zero attached hydrogens (tertiary/aromatic N) is 2. The molecule has 6 heteroatoms. The molecule has 0 atom stereocenters. The first-order valence-corrected chi connectivity index (χ1v) is 11.6. The van der Waals surface area contributed by atoms with Crippen molar-refractivity contribution in [3.8, 4) is 0 Å². The van der Waals surface area contributed by atoms with Gasteiger partial charge < -0.3 is 20.5 Å². The van der Waals surface area contributed by atoms with Crippen LogP contribution < -0.4 is 10.6 Å². The molecule has 4 rings (SSSR count). The van der Waals surface area contributed by atoms with Crippen molar-refractivity contribution in [3.63, 3.8) is 0 Å². The largest absolute Gasteiger partial charge is 0.361 e. The van der Waals surface area contributed by atoms with Crippen LogP contribution in [0.1, 0.15) is 36.5 Å². The minimum Gasteiger partial charge on any atom is -0.361 e. The lowest BCUT2D eigenvalue weighted by Gasteiger charge is -2.32. The zero-order valence-electron chi connectivity index (χ0n) is 19.4. The summed E-state index contributed by atoms with van der Waals surface area (Å²) in [6.07, 6.45) is 2.91. The van der Waals surface area contributed by atoms with Crippen molar-refractivity contribution in [2.45, 2.75) is 26.2 Å². The number of fused-ring (bicyclic) bond motifs is 1. The number of carbonyl (C=O) groups excluding carboxylic acids is 1. The first-order valence-electron chi connectivity index (χ1n) is 11.6. The third kappa shape index (κ3) is 5.69. The summed E-state index contributed by atoms with van der Waals surface area (Å²) in [5.41, 5.74) is 5.71. The Bertz CT molecular complexity index is 1050. The van der Waals surface area contributed by atoms with E-state index in [0.717, 1.165) is 50.3 Å². The fourth-order valence-corrected chi connectivity index (χ4v) is 4.30. The van der Waals surface area contributed by atoms with Crippen LogP contribution in [0.15, 0.2) is 48.7 Å². The molecule has 1 fully saturated rings. The molecule has 2 amide bonds. The molecule has 0 bridgehead atoms.